The number of aliphatic imine (C=N–C) groups is 1. The van der Waals surface area contributed by atoms with Crippen LogP contribution >= 0.6 is 11.6 Å². The minimum atomic E-state index is -0.879. The fourth-order valence-electron chi connectivity index (χ4n) is 2.75. The molecule has 2 N–H and O–H groups in total. The van der Waals surface area contributed by atoms with Gasteiger partial charge in [0.2, 0.25) is 0 Å². The molecule has 0 saturated heterocycles. The molecule has 1 amide bonds. The van der Waals surface area contributed by atoms with Crippen LogP contribution in [0.3, 0.4) is 0 Å². The van der Waals surface area contributed by atoms with Crippen LogP contribution in [0.15, 0.2) is 58.2 Å². The summed E-state index contributed by atoms with van der Waals surface area (Å²) in [6, 6.07) is 9.80. The lowest BCUT2D eigenvalue weighted by atomic mass is 9.87. The van der Waals surface area contributed by atoms with Crippen molar-refractivity contribution >= 4 is 23.2 Å². The van der Waals surface area contributed by atoms with Gasteiger partial charge >= 0.3 is 0 Å². The van der Waals surface area contributed by atoms with Gasteiger partial charge in [-0.05, 0) is 24.1 Å². The van der Waals surface area contributed by atoms with Crippen molar-refractivity contribution in [3.05, 3.63) is 58.8 Å². The van der Waals surface area contributed by atoms with Crippen LogP contribution < -0.4 is 5.73 Å². The Bertz CT molecular complexity index is 663. The number of amides is 1. The van der Waals surface area contributed by atoms with Crippen molar-refractivity contribution < 1.29 is 4.79 Å². The molecule has 0 fully saturated rings. The molecule has 0 saturated carbocycles. The molecule has 5 heteroatoms. The van der Waals surface area contributed by atoms with Gasteiger partial charge in [-0.2, -0.15) is 0 Å². The summed E-state index contributed by atoms with van der Waals surface area (Å²) in [6.45, 7) is 0. The minimum Gasteiger partial charge on any atom is -0.316 e. The second-order valence-electron chi connectivity index (χ2n) is 5.18. The second-order valence-corrected chi connectivity index (χ2v) is 5.67. The average Bonchev–Trinajstić information content (AvgIpc) is 2.59. The maximum Gasteiger partial charge on any atom is 0.265 e. The van der Waals surface area contributed by atoms with Crippen molar-refractivity contribution in [3.8, 4) is 0 Å². The molecule has 1 aromatic rings. The van der Waals surface area contributed by atoms with Gasteiger partial charge in [-0.1, -0.05) is 41.9 Å². The zero-order chi connectivity index (χ0) is 15.0. The van der Waals surface area contributed by atoms with Crippen molar-refractivity contribution in [1.29, 1.82) is 0 Å². The molecule has 2 atom stereocenters. The molecule has 1 aliphatic heterocycles. The van der Waals surface area contributed by atoms with Crippen molar-refractivity contribution in [2.45, 2.75) is 12.6 Å². The lowest BCUT2D eigenvalue weighted by Crippen LogP contribution is -2.39. The Hall–Kier alpha value is -1.91. The van der Waals surface area contributed by atoms with Crippen LogP contribution in [0.2, 0.25) is 0 Å². The van der Waals surface area contributed by atoms with Gasteiger partial charge in [0.1, 0.15) is 0 Å². The van der Waals surface area contributed by atoms with Gasteiger partial charge in [-0.15, -0.1) is 0 Å². The zero-order valence-electron chi connectivity index (χ0n) is 11.7. The van der Waals surface area contributed by atoms with E-state index in [1.807, 2.05) is 42.5 Å². The van der Waals surface area contributed by atoms with Gasteiger partial charge in [-0.25, -0.2) is 0 Å². The van der Waals surface area contributed by atoms with E-state index in [9.17, 15) is 4.79 Å². The highest BCUT2D eigenvalue weighted by Gasteiger charge is 2.35. The first-order valence-corrected chi connectivity index (χ1v) is 7.18. The number of carbonyl (C=O) groups is 1. The first-order valence-electron chi connectivity index (χ1n) is 6.80. The van der Waals surface area contributed by atoms with E-state index in [2.05, 4.69) is 4.99 Å². The predicted octanol–water partition coefficient (Wildman–Crippen LogP) is 2.26. The van der Waals surface area contributed by atoms with E-state index in [0.717, 1.165) is 22.0 Å². The van der Waals surface area contributed by atoms with Crippen molar-refractivity contribution in [2.75, 3.05) is 7.05 Å². The molecule has 2 unspecified atom stereocenters. The van der Waals surface area contributed by atoms with Crippen LogP contribution in [0.25, 0.3) is 0 Å². The largest absolute Gasteiger partial charge is 0.316 e. The van der Waals surface area contributed by atoms with Crippen LogP contribution in [0.5, 0.6) is 0 Å². The third kappa shape index (κ3) is 2.52. The van der Waals surface area contributed by atoms with E-state index >= 15 is 0 Å². The van der Waals surface area contributed by atoms with E-state index < -0.39 is 6.17 Å². The van der Waals surface area contributed by atoms with Crippen molar-refractivity contribution in [3.63, 3.8) is 0 Å². The number of carbonyl (C=O) groups excluding carboxylic acids is 1. The minimum absolute atomic E-state index is 0.0487. The molecule has 0 aromatic heterocycles. The van der Waals surface area contributed by atoms with E-state index in [1.54, 1.807) is 11.9 Å². The standard InChI is InChI=1S/C16H16ClN3O/c1-20-13-8-7-11(17)9-12(13)14(19-15(18)16(20)21)10-5-3-2-4-6-10/h2-8,12,15H,9,18H2,1H3. The Morgan fingerprint density at radius 3 is 2.71 bits per heavy atom. The van der Waals surface area contributed by atoms with Crippen LogP contribution in [0.4, 0.5) is 0 Å². The van der Waals surface area contributed by atoms with E-state index in [1.165, 1.54) is 0 Å². The maximum atomic E-state index is 12.3. The molecule has 0 bridgehead atoms. The predicted molar refractivity (Wildman–Crippen MR) is 83.9 cm³/mol. The third-order valence-corrected chi connectivity index (χ3v) is 4.12. The van der Waals surface area contributed by atoms with E-state index in [0.29, 0.717) is 6.42 Å². The SMILES string of the molecule is CN1C(=O)C(N)N=C(c2ccccc2)C2CC(Cl)=CC=C21. The van der Waals surface area contributed by atoms with Crippen molar-refractivity contribution in [1.82, 2.24) is 4.90 Å². The molecule has 3 rings (SSSR count). The summed E-state index contributed by atoms with van der Waals surface area (Å²) < 4.78 is 0. The van der Waals surface area contributed by atoms with Crippen LogP contribution in [-0.4, -0.2) is 29.7 Å². The number of rotatable bonds is 1. The summed E-state index contributed by atoms with van der Waals surface area (Å²) in [5.41, 5.74) is 8.61. The van der Waals surface area contributed by atoms with E-state index in [4.69, 9.17) is 17.3 Å². The van der Waals surface area contributed by atoms with E-state index in [-0.39, 0.29) is 11.8 Å². The van der Waals surface area contributed by atoms with Gasteiger partial charge in [-0.3, -0.25) is 9.79 Å². The monoisotopic (exact) mass is 301 g/mol. The molecule has 21 heavy (non-hydrogen) atoms. The summed E-state index contributed by atoms with van der Waals surface area (Å²) in [6.07, 6.45) is 3.46. The normalized spacial score (nSPS) is 25.6. The Morgan fingerprint density at radius 1 is 1.29 bits per heavy atom. The average molecular weight is 302 g/mol. The number of fused-ring (bicyclic) bond motifs is 1. The molecular weight excluding hydrogens is 286 g/mol. The van der Waals surface area contributed by atoms with Gasteiger partial charge < -0.3 is 10.6 Å². The number of halogens is 1. The molecule has 108 valence electrons. The van der Waals surface area contributed by atoms with Gasteiger partial charge in [0, 0.05) is 23.7 Å². The number of likely N-dealkylation sites (N-methyl/N-ethyl adjacent to an activating group) is 1. The quantitative estimate of drug-likeness (QED) is 0.865. The highest BCUT2D eigenvalue weighted by atomic mass is 35.5. The summed E-state index contributed by atoms with van der Waals surface area (Å²) in [5.74, 6) is -0.254. The Kier molecular flexibility index (Phi) is 3.66. The molecule has 4 nitrogen and oxygen atoms in total. The lowest BCUT2D eigenvalue weighted by molar-refractivity contribution is -0.129. The molecule has 0 radical (unpaired) electrons. The van der Waals surface area contributed by atoms with Gasteiger partial charge in [0.15, 0.2) is 6.17 Å². The molecule has 1 heterocycles. The highest BCUT2D eigenvalue weighted by Crippen LogP contribution is 2.34. The first kappa shape index (κ1) is 14.0. The van der Waals surface area contributed by atoms with Gasteiger partial charge in [0.25, 0.3) is 5.91 Å². The summed E-state index contributed by atoms with van der Waals surface area (Å²) in [4.78, 5) is 18.3. The zero-order valence-corrected chi connectivity index (χ0v) is 12.4. The highest BCUT2D eigenvalue weighted by molar-refractivity contribution is 6.30. The number of allylic oxidation sites excluding steroid dienone is 4. The Labute approximate surface area is 128 Å². The summed E-state index contributed by atoms with van der Waals surface area (Å²) in [7, 11) is 1.73. The van der Waals surface area contributed by atoms with Gasteiger partial charge in [0.05, 0.1) is 5.71 Å². The molecular formula is C16H16ClN3O. The fourth-order valence-corrected chi connectivity index (χ4v) is 2.96. The van der Waals surface area contributed by atoms with Crippen molar-refractivity contribution in [2.24, 2.45) is 16.6 Å². The van der Waals surface area contributed by atoms with Crippen LogP contribution in [0, 0.1) is 5.92 Å². The number of hydrogen-bond donors (Lipinski definition) is 1. The number of hydrogen-bond acceptors (Lipinski definition) is 3. The fraction of sp³-hybridized carbons (Fsp3) is 0.250. The molecule has 0 spiro atoms. The smallest absolute Gasteiger partial charge is 0.265 e. The molecule has 1 aliphatic carbocycles. The number of nitrogens with two attached hydrogens (primary N) is 1. The molecule has 2 aliphatic rings. The lowest BCUT2D eigenvalue weighted by Gasteiger charge is -2.28. The summed E-state index contributed by atoms with van der Waals surface area (Å²) >= 11 is 6.19. The third-order valence-electron chi connectivity index (χ3n) is 3.84. The summed E-state index contributed by atoms with van der Waals surface area (Å²) in [5, 5.41) is 0.753. The topological polar surface area (TPSA) is 58.7 Å². The molecule has 1 aromatic carbocycles. The second kappa shape index (κ2) is 5.47. The number of benzene rings is 1. The Balaban J connectivity index is 2.14. The number of nitrogens with zero attached hydrogens (tertiary/aromatic N) is 2. The van der Waals surface area contributed by atoms with Crippen LogP contribution in [-0.2, 0) is 4.79 Å². The first-order chi connectivity index (χ1) is 10.1. The van der Waals surface area contributed by atoms with Crippen LogP contribution in [0.1, 0.15) is 12.0 Å². The Morgan fingerprint density at radius 2 is 2.00 bits per heavy atom. The maximum absolute atomic E-state index is 12.3.